The number of sulfonamides is 1. The molecule has 0 spiro atoms. The molecule has 1 amide bonds. The first-order chi connectivity index (χ1) is 12.8. The number of piperidine rings is 1. The topological polar surface area (TPSA) is 66.5 Å². The van der Waals surface area contributed by atoms with Crippen molar-refractivity contribution in [1.82, 2.24) is 4.90 Å². The highest BCUT2D eigenvalue weighted by Crippen LogP contribution is 2.27. The number of rotatable bonds is 4. The van der Waals surface area contributed by atoms with E-state index in [0.29, 0.717) is 30.3 Å². The van der Waals surface area contributed by atoms with Gasteiger partial charge < -0.3 is 4.90 Å². The number of anilines is 1. The van der Waals surface area contributed by atoms with Crippen molar-refractivity contribution in [2.24, 2.45) is 5.92 Å². The smallest absolute Gasteiger partial charge is 0.263 e. The van der Waals surface area contributed by atoms with Crippen molar-refractivity contribution in [3.63, 3.8) is 0 Å². The van der Waals surface area contributed by atoms with E-state index in [1.54, 1.807) is 23.1 Å². The normalized spacial score (nSPS) is 17.6. The number of hydrogen-bond donors (Lipinski definition) is 1. The van der Waals surface area contributed by atoms with E-state index < -0.39 is 10.0 Å². The number of halogens is 1. The molecule has 27 heavy (non-hydrogen) atoms. The summed E-state index contributed by atoms with van der Waals surface area (Å²) in [6.07, 6.45) is 2.06. The van der Waals surface area contributed by atoms with Crippen molar-refractivity contribution in [3.8, 4) is 0 Å². The maximum absolute atomic E-state index is 12.9. The first-order valence-electron chi connectivity index (χ1n) is 8.95. The fourth-order valence-electron chi connectivity index (χ4n) is 3.29. The van der Waals surface area contributed by atoms with Crippen LogP contribution in [0.5, 0.6) is 0 Å². The minimum atomic E-state index is -3.92. The summed E-state index contributed by atoms with van der Waals surface area (Å²) in [5, 5.41) is 0.0830. The minimum absolute atomic E-state index is 0.0830. The van der Waals surface area contributed by atoms with Crippen LogP contribution in [0.1, 0.15) is 35.7 Å². The van der Waals surface area contributed by atoms with Gasteiger partial charge in [0.2, 0.25) is 0 Å². The zero-order valence-electron chi connectivity index (χ0n) is 15.4. The lowest BCUT2D eigenvalue weighted by atomic mass is 9.99. The predicted molar refractivity (Wildman–Crippen MR) is 108 cm³/mol. The maximum atomic E-state index is 12.9. The third kappa shape index (κ3) is 4.45. The van der Waals surface area contributed by atoms with Crippen LogP contribution in [0.3, 0.4) is 0 Å². The average molecular weight is 407 g/mol. The molecule has 2 aromatic rings. The van der Waals surface area contributed by atoms with Gasteiger partial charge in [0.05, 0.1) is 10.7 Å². The molecule has 2 aromatic carbocycles. The van der Waals surface area contributed by atoms with E-state index in [1.165, 1.54) is 12.1 Å². The lowest BCUT2D eigenvalue weighted by Gasteiger charge is -2.31. The molecule has 0 radical (unpaired) electrons. The number of para-hydroxylation sites is 1. The summed E-state index contributed by atoms with van der Waals surface area (Å²) in [7, 11) is -3.92. The quantitative estimate of drug-likeness (QED) is 0.822. The Balaban J connectivity index is 1.90. The van der Waals surface area contributed by atoms with Crippen LogP contribution < -0.4 is 4.72 Å². The molecule has 5 nitrogen and oxygen atoms in total. The van der Waals surface area contributed by atoms with Crippen LogP contribution in [0.2, 0.25) is 5.02 Å². The van der Waals surface area contributed by atoms with Crippen molar-refractivity contribution in [2.75, 3.05) is 17.8 Å². The first kappa shape index (κ1) is 19.7. The molecule has 1 N–H and O–H groups in total. The molecule has 1 heterocycles. The zero-order valence-corrected chi connectivity index (χ0v) is 17.0. The lowest BCUT2D eigenvalue weighted by Crippen LogP contribution is -2.39. The highest BCUT2D eigenvalue weighted by molar-refractivity contribution is 7.92. The van der Waals surface area contributed by atoms with E-state index >= 15 is 0 Å². The van der Waals surface area contributed by atoms with E-state index in [0.717, 1.165) is 18.4 Å². The number of hydrogen-bond acceptors (Lipinski definition) is 3. The summed E-state index contributed by atoms with van der Waals surface area (Å²) in [5.41, 5.74) is 1.61. The fourth-order valence-corrected chi connectivity index (χ4v) is 4.94. The Labute approximate surface area is 165 Å². The van der Waals surface area contributed by atoms with Crippen molar-refractivity contribution >= 4 is 33.2 Å². The summed E-state index contributed by atoms with van der Waals surface area (Å²) in [6.45, 7) is 5.31. The summed E-state index contributed by atoms with van der Waals surface area (Å²) >= 11 is 6.16. The Hall–Kier alpha value is -2.05. The second-order valence-corrected chi connectivity index (χ2v) is 9.12. The zero-order chi connectivity index (χ0) is 19.6. The summed E-state index contributed by atoms with van der Waals surface area (Å²) in [4.78, 5) is 14.5. The lowest BCUT2D eigenvalue weighted by molar-refractivity contribution is 0.0683. The van der Waals surface area contributed by atoms with Crippen molar-refractivity contribution < 1.29 is 13.2 Å². The van der Waals surface area contributed by atoms with E-state index in [2.05, 4.69) is 11.6 Å². The Morgan fingerprint density at radius 3 is 2.67 bits per heavy atom. The van der Waals surface area contributed by atoms with Crippen LogP contribution in [-0.2, 0) is 10.0 Å². The SMILES string of the molecule is Cc1ccccc1NS(=O)(=O)c1cc(C(=O)N2CCCC(C)C2)ccc1Cl. The van der Waals surface area contributed by atoms with Gasteiger partial charge in [0, 0.05) is 18.7 Å². The van der Waals surface area contributed by atoms with E-state index in [9.17, 15) is 13.2 Å². The van der Waals surface area contributed by atoms with Crippen LogP contribution in [0.4, 0.5) is 5.69 Å². The Bertz CT molecular complexity index is 959. The summed E-state index contributed by atoms with van der Waals surface area (Å²) in [5.74, 6) is 0.284. The largest absolute Gasteiger partial charge is 0.338 e. The Kier molecular flexibility index (Phi) is 5.77. The number of likely N-dealkylation sites (tertiary alicyclic amines) is 1. The molecule has 1 atom stereocenters. The van der Waals surface area contributed by atoms with Crippen LogP contribution in [0.25, 0.3) is 0 Å². The van der Waals surface area contributed by atoms with Crippen LogP contribution >= 0.6 is 11.6 Å². The van der Waals surface area contributed by atoms with Crippen LogP contribution in [0.15, 0.2) is 47.4 Å². The molecule has 1 aliphatic heterocycles. The maximum Gasteiger partial charge on any atom is 0.263 e. The predicted octanol–water partition coefficient (Wildman–Crippen LogP) is 4.32. The van der Waals surface area contributed by atoms with Gasteiger partial charge in [-0.15, -0.1) is 0 Å². The van der Waals surface area contributed by atoms with Crippen molar-refractivity contribution in [3.05, 3.63) is 58.6 Å². The first-order valence-corrected chi connectivity index (χ1v) is 10.8. The molecular formula is C20H23ClN2O3S. The molecule has 0 saturated carbocycles. The van der Waals surface area contributed by atoms with Gasteiger partial charge in [0.25, 0.3) is 15.9 Å². The molecule has 0 aromatic heterocycles. The molecule has 1 fully saturated rings. The molecule has 144 valence electrons. The average Bonchev–Trinajstić information content (AvgIpc) is 2.63. The molecule has 0 aliphatic carbocycles. The Morgan fingerprint density at radius 2 is 1.96 bits per heavy atom. The summed E-state index contributed by atoms with van der Waals surface area (Å²) < 4.78 is 28.3. The fraction of sp³-hybridized carbons (Fsp3) is 0.350. The number of carbonyl (C=O) groups excluding carboxylic acids is 1. The van der Waals surface area contributed by atoms with Crippen molar-refractivity contribution in [2.45, 2.75) is 31.6 Å². The number of nitrogens with zero attached hydrogens (tertiary/aromatic N) is 1. The molecule has 1 unspecified atom stereocenters. The van der Waals surface area contributed by atoms with Gasteiger partial charge in [-0.05, 0) is 55.5 Å². The molecule has 1 aliphatic rings. The standard InChI is InChI=1S/C20H23ClN2O3S/c1-14-6-5-11-23(13-14)20(24)16-9-10-17(21)19(12-16)27(25,26)22-18-8-4-3-7-15(18)2/h3-4,7-10,12,14,22H,5-6,11,13H2,1-2H3. The van der Waals surface area contributed by atoms with Gasteiger partial charge in [0.15, 0.2) is 0 Å². The van der Waals surface area contributed by atoms with Gasteiger partial charge >= 0.3 is 0 Å². The number of aryl methyl sites for hydroxylation is 1. The number of amides is 1. The van der Waals surface area contributed by atoms with Gasteiger partial charge in [0.1, 0.15) is 4.90 Å². The molecule has 1 saturated heterocycles. The van der Waals surface area contributed by atoms with E-state index in [4.69, 9.17) is 11.6 Å². The monoisotopic (exact) mass is 406 g/mol. The van der Waals surface area contributed by atoms with Gasteiger partial charge in [-0.2, -0.15) is 0 Å². The minimum Gasteiger partial charge on any atom is -0.338 e. The van der Waals surface area contributed by atoms with Gasteiger partial charge in [-0.1, -0.05) is 36.7 Å². The van der Waals surface area contributed by atoms with Crippen LogP contribution in [0, 0.1) is 12.8 Å². The molecule has 3 rings (SSSR count). The molecular weight excluding hydrogens is 384 g/mol. The van der Waals surface area contributed by atoms with Gasteiger partial charge in [-0.25, -0.2) is 8.42 Å². The van der Waals surface area contributed by atoms with E-state index in [-0.39, 0.29) is 15.8 Å². The highest BCUT2D eigenvalue weighted by atomic mass is 35.5. The molecule has 7 heteroatoms. The molecule has 0 bridgehead atoms. The van der Waals surface area contributed by atoms with Gasteiger partial charge in [-0.3, -0.25) is 9.52 Å². The second-order valence-electron chi connectivity index (χ2n) is 7.06. The number of benzene rings is 2. The second kappa shape index (κ2) is 7.90. The van der Waals surface area contributed by atoms with Crippen LogP contribution in [-0.4, -0.2) is 32.3 Å². The van der Waals surface area contributed by atoms with Crippen molar-refractivity contribution in [1.29, 1.82) is 0 Å². The third-order valence-electron chi connectivity index (χ3n) is 4.80. The van der Waals surface area contributed by atoms with E-state index in [1.807, 2.05) is 19.1 Å². The Morgan fingerprint density at radius 1 is 1.22 bits per heavy atom. The highest BCUT2D eigenvalue weighted by Gasteiger charge is 2.25. The number of carbonyl (C=O) groups is 1. The summed E-state index contributed by atoms with van der Waals surface area (Å²) in [6, 6.07) is 11.5. The number of nitrogens with one attached hydrogen (secondary N) is 1. The third-order valence-corrected chi connectivity index (χ3v) is 6.65.